The molecule has 4 aliphatic rings. The fraction of sp³-hybridized carbons (Fsp3) is 0.615. The summed E-state index contributed by atoms with van der Waals surface area (Å²) in [7, 11) is 0. The van der Waals surface area contributed by atoms with E-state index in [1.165, 1.54) is 25.9 Å². The van der Waals surface area contributed by atoms with Crippen molar-refractivity contribution in [3.8, 4) is 5.75 Å². The zero-order chi connectivity index (χ0) is 12.0. The minimum absolute atomic E-state index is 0.0954. The molecule has 96 valence electrons. The summed E-state index contributed by atoms with van der Waals surface area (Å²) in [5.74, 6) is 2.26. The molecule has 5 heterocycles. The number of hydrogen-bond acceptors (Lipinski definition) is 5. The van der Waals surface area contributed by atoms with Crippen molar-refractivity contribution in [2.24, 2.45) is 11.1 Å². The maximum atomic E-state index is 5.80. The Morgan fingerprint density at radius 2 is 2.33 bits per heavy atom. The van der Waals surface area contributed by atoms with E-state index in [0.29, 0.717) is 5.92 Å². The lowest BCUT2D eigenvalue weighted by molar-refractivity contribution is -0.136. The summed E-state index contributed by atoms with van der Waals surface area (Å²) in [5, 5.41) is 8.18. The molecule has 1 unspecified atom stereocenters. The molecular weight excluding hydrogens is 248 g/mol. The van der Waals surface area contributed by atoms with Gasteiger partial charge in [-0.1, -0.05) is 5.16 Å². The first-order valence-corrected chi connectivity index (χ1v) is 7.46. The summed E-state index contributed by atoms with van der Waals surface area (Å²) in [6, 6.07) is 1.97. The lowest BCUT2D eigenvalue weighted by Gasteiger charge is -2.49. The Morgan fingerprint density at radius 3 is 3.00 bits per heavy atom. The smallest absolute Gasteiger partial charge is 0.235 e. The lowest BCUT2D eigenvalue weighted by Crippen LogP contribution is -2.59. The van der Waals surface area contributed by atoms with Crippen LogP contribution in [0.25, 0.3) is 0 Å². The molecule has 0 amide bonds. The maximum absolute atomic E-state index is 5.80. The average Bonchev–Trinajstić information content (AvgIpc) is 3.02. The molecule has 0 aromatic carbocycles. The fourth-order valence-corrected chi connectivity index (χ4v) is 3.94. The second kappa shape index (κ2) is 3.96. The zero-order valence-corrected chi connectivity index (χ0v) is 11.0. The fourth-order valence-electron chi connectivity index (χ4n) is 3.39. The molecule has 4 nitrogen and oxygen atoms in total. The number of fused-ring (bicyclic) bond motifs is 2. The molecule has 4 aliphatic heterocycles. The van der Waals surface area contributed by atoms with Gasteiger partial charge in [0.1, 0.15) is 5.75 Å². The van der Waals surface area contributed by atoms with E-state index in [9.17, 15) is 0 Å². The Hall–Kier alpha value is -1.07. The van der Waals surface area contributed by atoms with Crippen molar-refractivity contribution in [2.45, 2.75) is 24.9 Å². The summed E-state index contributed by atoms with van der Waals surface area (Å²) in [4.78, 5) is 8.29. The van der Waals surface area contributed by atoms with E-state index >= 15 is 0 Å². The molecule has 1 aromatic rings. The highest BCUT2D eigenvalue weighted by atomic mass is 32.1. The Bertz CT molecular complexity index is 465. The Balaban J connectivity index is 1.48. The van der Waals surface area contributed by atoms with Crippen LogP contribution >= 0.6 is 11.3 Å². The van der Waals surface area contributed by atoms with Crippen LogP contribution in [0.1, 0.15) is 19.3 Å². The molecule has 18 heavy (non-hydrogen) atoms. The second-order valence-corrected chi connectivity index (χ2v) is 6.21. The molecular formula is C13H16N2O2S. The summed E-state index contributed by atoms with van der Waals surface area (Å²) >= 11 is 1.63. The Labute approximate surface area is 110 Å². The second-order valence-electron chi connectivity index (χ2n) is 5.43. The summed E-state index contributed by atoms with van der Waals surface area (Å²) < 4.78 is 5.77. The van der Waals surface area contributed by atoms with Crippen LogP contribution in [0.15, 0.2) is 22.0 Å². The van der Waals surface area contributed by atoms with Gasteiger partial charge in [-0.2, -0.15) is 0 Å². The van der Waals surface area contributed by atoms with E-state index in [2.05, 4.69) is 10.1 Å². The van der Waals surface area contributed by atoms with E-state index in [1.54, 1.807) is 11.3 Å². The lowest BCUT2D eigenvalue weighted by atomic mass is 9.74. The molecule has 5 rings (SSSR count). The van der Waals surface area contributed by atoms with Crippen LogP contribution in [0.3, 0.4) is 0 Å². The summed E-state index contributed by atoms with van der Waals surface area (Å²) in [5.41, 5.74) is -0.0954. The largest absolute Gasteiger partial charge is 0.439 e. The molecule has 1 aromatic heterocycles. The van der Waals surface area contributed by atoms with E-state index in [4.69, 9.17) is 9.57 Å². The van der Waals surface area contributed by atoms with Gasteiger partial charge in [0, 0.05) is 17.8 Å². The molecule has 0 aliphatic carbocycles. The van der Waals surface area contributed by atoms with E-state index in [0.717, 1.165) is 24.6 Å². The first-order chi connectivity index (χ1) is 8.84. The molecule has 0 radical (unpaired) electrons. The maximum Gasteiger partial charge on any atom is 0.235 e. The van der Waals surface area contributed by atoms with Gasteiger partial charge < -0.3 is 9.57 Å². The average molecular weight is 264 g/mol. The van der Waals surface area contributed by atoms with Gasteiger partial charge in [0.25, 0.3) is 0 Å². The molecule has 1 spiro atoms. The predicted molar refractivity (Wildman–Crippen MR) is 70.0 cm³/mol. The third kappa shape index (κ3) is 1.65. The highest BCUT2D eigenvalue weighted by Crippen LogP contribution is 2.43. The first kappa shape index (κ1) is 10.8. The molecule has 3 fully saturated rings. The van der Waals surface area contributed by atoms with Crippen molar-refractivity contribution in [3.05, 3.63) is 16.8 Å². The number of rotatable bonds is 1. The van der Waals surface area contributed by atoms with Crippen molar-refractivity contribution in [1.82, 2.24) is 4.90 Å². The number of thiophene rings is 1. The number of oxime groups is 1. The number of piperidine rings is 3. The van der Waals surface area contributed by atoms with Crippen LogP contribution in [0.5, 0.6) is 5.75 Å². The summed E-state index contributed by atoms with van der Waals surface area (Å²) in [6.07, 6.45) is 3.30. The first-order valence-electron chi connectivity index (χ1n) is 6.52. The van der Waals surface area contributed by atoms with Gasteiger partial charge in [-0.25, -0.2) is 0 Å². The van der Waals surface area contributed by atoms with E-state index in [1.807, 2.05) is 16.8 Å². The van der Waals surface area contributed by atoms with Gasteiger partial charge in [0.05, 0.1) is 6.42 Å². The van der Waals surface area contributed by atoms with Crippen LogP contribution in [0.4, 0.5) is 0 Å². The Morgan fingerprint density at radius 1 is 1.44 bits per heavy atom. The molecule has 1 atom stereocenters. The van der Waals surface area contributed by atoms with Gasteiger partial charge in [0.2, 0.25) is 5.90 Å². The quantitative estimate of drug-likeness (QED) is 0.780. The van der Waals surface area contributed by atoms with E-state index in [-0.39, 0.29) is 5.60 Å². The SMILES string of the molecule is c1cc(OC2=NOC3(C2)CN2CCC3CC2)cs1. The predicted octanol–water partition coefficient (Wildman–Crippen LogP) is 2.33. The van der Waals surface area contributed by atoms with Crippen molar-refractivity contribution in [1.29, 1.82) is 0 Å². The number of hydrogen-bond donors (Lipinski definition) is 0. The van der Waals surface area contributed by atoms with Crippen molar-refractivity contribution in [3.63, 3.8) is 0 Å². The third-order valence-electron chi connectivity index (χ3n) is 4.33. The number of nitrogens with zero attached hydrogens (tertiary/aromatic N) is 2. The zero-order valence-electron chi connectivity index (χ0n) is 10.2. The minimum atomic E-state index is -0.0954. The van der Waals surface area contributed by atoms with Crippen LogP contribution < -0.4 is 4.74 Å². The minimum Gasteiger partial charge on any atom is -0.439 e. The standard InChI is InChI=1S/C13H16N2O2S/c1-4-15-5-2-10(1)13(9-15)7-12(14-17-13)16-11-3-6-18-8-11/h3,6,8,10H,1-2,4-5,7,9H2. The van der Waals surface area contributed by atoms with Crippen molar-refractivity contribution in [2.75, 3.05) is 19.6 Å². The highest BCUT2D eigenvalue weighted by Gasteiger charge is 2.53. The van der Waals surface area contributed by atoms with Gasteiger partial charge in [-0.05, 0) is 37.4 Å². The van der Waals surface area contributed by atoms with Gasteiger partial charge in [-0.15, -0.1) is 11.3 Å². The van der Waals surface area contributed by atoms with Crippen LogP contribution in [0, 0.1) is 5.92 Å². The topological polar surface area (TPSA) is 34.1 Å². The molecule has 0 N–H and O–H groups in total. The van der Waals surface area contributed by atoms with Crippen LogP contribution in [-0.2, 0) is 4.84 Å². The monoisotopic (exact) mass is 264 g/mol. The van der Waals surface area contributed by atoms with Gasteiger partial charge in [0.15, 0.2) is 5.60 Å². The summed E-state index contributed by atoms with van der Waals surface area (Å²) in [6.45, 7) is 3.45. The third-order valence-corrected chi connectivity index (χ3v) is 4.99. The molecule has 2 bridgehead atoms. The molecule has 3 saturated heterocycles. The van der Waals surface area contributed by atoms with Gasteiger partial charge >= 0.3 is 0 Å². The van der Waals surface area contributed by atoms with Crippen molar-refractivity contribution < 1.29 is 9.57 Å². The number of ether oxygens (including phenoxy) is 1. The molecule has 0 saturated carbocycles. The highest BCUT2D eigenvalue weighted by molar-refractivity contribution is 7.08. The van der Waals surface area contributed by atoms with Crippen LogP contribution in [-0.4, -0.2) is 36.0 Å². The van der Waals surface area contributed by atoms with E-state index < -0.39 is 0 Å². The van der Waals surface area contributed by atoms with Gasteiger partial charge in [-0.3, -0.25) is 4.90 Å². The normalized spacial score (nSPS) is 37.7. The molecule has 5 heteroatoms. The van der Waals surface area contributed by atoms with Crippen LogP contribution in [0.2, 0.25) is 0 Å². The van der Waals surface area contributed by atoms with Crippen molar-refractivity contribution >= 4 is 17.2 Å². The Kier molecular flexibility index (Phi) is 2.38.